The summed E-state index contributed by atoms with van der Waals surface area (Å²) in [6, 6.07) is 10.1. The van der Waals surface area contributed by atoms with E-state index in [1.807, 2.05) is 30.5 Å². The summed E-state index contributed by atoms with van der Waals surface area (Å²) in [4.78, 5) is 15.7. The minimum absolute atomic E-state index is 0.484. The van der Waals surface area contributed by atoms with Crippen molar-refractivity contribution < 1.29 is 0 Å². The van der Waals surface area contributed by atoms with Gasteiger partial charge in [-0.05, 0) is 23.8 Å². The highest BCUT2D eigenvalue weighted by Crippen LogP contribution is 2.31. The number of pyridine rings is 1. The van der Waals surface area contributed by atoms with Gasteiger partial charge in [0, 0.05) is 23.3 Å². The van der Waals surface area contributed by atoms with Crippen molar-refractivity contribution in [3.8, 4) is 11.1 Å². The number of hydrogen-bond acceptors (Lipinski definition) is 4. The maximum atomic E-state index is 5.97. The first kappa shape index (κ1) is 10.9. The van der Waals surface area contributed by atoms with Gasteiger partial charge in [0.2, 0.25) is 0 Å². The molecule has 0 aliphatic rings. The van der Waals surface area contributed by atoms with Crippen LogP contribution in [-0.2, 0) is 0 Å². The molecule has 0 atom stereocenters. The summed E-state index contributed by atoms with van der Waals surface area (Å²) in [6.45, 7) is 0. The van der Waals surface area contributed by atoms with Gasteiger partial charge in [0.05, 0.1) is 10.9 Å². The number of aromatic nitrogens is 4. The van der Waals surface area contributed by atoms with E-state index in [0.717, 1.165) is 33.1 Å². The van der Waals surface area contributed by atoms with Gasteiger partial charge in [-0.15, -0.1) is 0 Å². The summed E-state index contributed by atoms with van der Waals surface area (Å²) in [5.41, 5.74) is 9.76. The van der Waals surface area contributed by atoms with E-state index in [9.17, 15) is 0 Å². The van der Waals surface area contributed by atoms with Crippen LogP contribution in [-0.4, -0.2) is 19.9 Å². The lowest BCUT2D eigenvalue weighted by molar-refractivity contribution is 1.21. The summed E-state index contributed by atoms with van der Waals surface area (Å²) in [7, 11) is 0. The topological polar surface area (TPSA) is 80.5 Å². The van der Waals surface area contributed by atoms with Gasteiger partial charge < -0.3 is 10.7 Å². The molecular formula is C15H11N5. The van der Waals surface area contributed by atoms with Crippen molar-refractivity contribution in [2.45, 2.75) is 0 Å². The molecule has 0 aliphatic heterocycles. The molecule has 0 aliphatic carbocycles. The quantitative estimate of drug-likeness (QED) is 0.552. The number of rotatable bonds is 1. The highest BCUT2D eigenvalue weighted by molar-refractivity contribution is 6.01. The average Bonchev–Trinajstić information content (AvgIpc) is 2.92. The first-order chi connectivity index (χ1) is 9.83. The number of H-pyrrole nitrogens is 1. The Labute approximate surface area is 114 Å². The van der Waals surface area contributed by atoms with Crippen LogP contribution < -0.4 is 5.73 Å². The van der Waals surface area contributed by atoms with Gasteiger partial charge in [-0.1, -0.05) is 12.1 Å². The monoisotopic (exact) mass is 261 g/mol. The number of benzene rings is 1. The zero-order chi connectivity index (χ0) is 13.5. The van der Waals surface area contributed by atoms with Gasteiger partial charge >= 0.3 is 0 Å². The second kappa shape index (κ2) is 4.03. The molecule has 0 saturated carbocycles. The molecule has 4 aromatic rings. The lowest BCUT2D eigenvalue weighted by Crippen LogP contribution is -1.92. The Balaban J connectivity index is 2.01. The van der Waals surface area contributed by atoms with Crippen LogP contribution in [0.15, 0.2) is 49.1 Å². The molecular weight excluding hydrogens is 250 g/mol. The Morgan fingerprint density at radius 1 is 1.05 bits per heavy atom. The number of fused-ring (bicyclic) bond motifs is 2. The van der Waals surface area contributed by atoms with Gasteiger partial charge in [0.25, 0.3) is 0 Å². The molecule has 0 spiro atoms. The number of anilines is 1. The fraction of sp³-hybridized carbons (Fsp3) is 0. The molecule has 3 aromatic heterocycles. The molecule has 0 unspecified atom stereocenters. The molecule has 3 heterocycles. The summed E-state index contributed by atoms with van der Waals surface area (Å²) in [5, 5.41) is 1.95. The molecule has 1 aromatic carbocycles. The molecule has 20 heavy (non-hydrogen) atoms. The number of nitrogens with two attached hydrogens (primary N) is 1. The number of aromatic amines is 1. The largest absolute Gasteiger partial charge is 0.383 e. The molecule has 4 rings (SSSR count). The summed E-state index contributed by atoms with van der Waals surface area (Å²) in [5.74, 6) is 0.484. The summed E-state index contributed by atoms with van der Waals surface area (Å²) >= 11 is 0. The lowest BCUT2D eigenvalue weighted by atomic mass is 10.0. The Morgan fingerprint density at radius 2 is 2.00 bits per heavy atom. The number of nitrogens with one attached hydrogen (secondary N) is 1. The second-order valence-corrected chi connectivity index (χ2v) is 4.60. The Kier molecular flexibility index (Phi) is 2.20. The van der Waals surface area contributed by atoms with E-state index >= 15 is 0 Å². The third-order valence-corrected chi connectivity index (χ3v) is 3.41. The van der Waals surface area contributed by atoms with Gasteiger partial charge in [0.15, 0.2) is 0 Å². The van der Waals surface area contributed by atoms with Crippen molar-refractivity contribution in [3.63, 3.8) is 0 Å². The maximum absolute atomic E-state index is 5.97. The van der Waals surface area contributed by atoms with E-state index < -0.39 is 0 Å². The van der Waals surface area contributed by atoms with Gasteiger partial charge in [-0.25, -0.2) is 9.97 Å². The van der Waals surface area contributed by atoms with Crippen molar-refractivity contribution in [2.75, 3.05) is 5.73 Å². The van der Waals surface area contributed by atoms with Crippen molar-refractivity contribution in [2.24, 2.45) is 0 Å². The molecule has 96 valence electrons. The van der Waals surface area contributed by atoms with Crippen molar-refractivity contribution >= 4 is 27.8 Å². The van der Waals surface area contributed by atoms with Crippen molar-refractivity contribution in [3.05, 3.63) is 49.1 Å². The van der Waals surface area contributed by atoms with Gasteiger partial charge in [0.1, 0.15) is 17.8 Å². The zero-order valence-corrected chi connectivity index (χ0v) is 10.5. The van der Waals surface area contributed by atoms with Crippen LogP contribution in [0, 0.1) is 0 Å². The van der Waals surface area contributed by atoms with Crippen LogP contribution in [0.5, 0.6) is 0 Å². The van der Waals surface area contributed by atoms with Crippen molar-refractivity contribution in [1.82, 2.24) is 19.9 Å². The first-order valence-electron chi connectivity index (χ1n) is 6.25. The fourth-order valence-corrected chi connectivity index (χ4v) is 2.46. The van der Waals surface area contributed by atoms with E-state index in [-0.39, 0.29) is 0 Å². The van der Waals surface area contributed by atoms with E-state index in [1.54, 1.807) is 6.20 Å². The minimum atomic E-state index is 0.484. The molecule has 0 radical (unpaired) electrons. The first-order valence-corrected chi connectivity index (χ1v) is 6.25. The lowest BCUT2D eigenvalue weighted by Gasteiger charge is -2.03. The third-order valence-electron chi connectivity index (χ3n) is 3.41. The molecule has 3 N–H and O–H groups in total. The summed E-state index contributed by atoms with van der Waals surface area (Å²) < 4.78 is 0. The SMILES string of the molecule is Nc1ncnc2[nH]cc(-c3ccc4ncccc4c3)c12. The zero-order valence-electron chi connectivity index (χ0n) is 10.5. The predicted octanol–water partition coefficient (Wildman–Crippen LogP) is 2.76. The normalized spacial score (nSPS) is 11.2. The van der Waals surface area contributed by atoms with Crippen LogP contribution in [0.1, 0.15) is 0 Å². The Morgan fingerprint density at radius 3 is 2.95 bits per heavy atom. The number of nitrogen functional groups attached to an aromatic ring is 1. The van der Waals surface area contributed by atoms with E-state index in [4.69, 9.17) is 5.73 Å². The molecule has 0 fully saturated rings. The Hall–Kier alpha value is -2.95. The number of hydrogen-bond donors (Lipinski definition) is 2. The predicted molar refractivity (Wildman–Crippen MR) is 79.0 cm³/mol. The highest BCUT2D eigenvalue weighted by Gasteiger charge is 2.11. The van der Waals surface area contributed by atoms with E-state index in [1.165, 1.54) is 6.33 Å². The van der Waals surface area contributed by atoms with Crippen LogP contribution >= 0.6 is 0 Å². The fourth-order valence-electron chi connectivity index (χ4n) is 2.46. The Bertz CT molecular complexity index is 926. The standard InChI is InChI=1S/C15H11N5/c16-14-13-11(7-18-15(13)20-8-19-14)9-3-4-12-10(6-9)2-1-5-17-12/h1-8H,(H3,16,18,19,20). The molecule has 5 heteroatoms. The number of nitrogens with zero attached hydrogens (tertiary/aromatic N) is 3. The van der Waals surface area contributed by atoms with E-state index in [0.29, 0.717) is 5.82 Å². The van der Waals surface area contributed by atoms with E-state index in [2.05, 4.69) is 26.0 Å². The molecule has 0 amide bonds. The second-order valence-electron chi connectivity index (χ2n) is 4.60. The molecule has 0 saturated heterocycles. The van der Waals surface area contributed by atoms with Crippen LogP contribution in [0.25, 0.3) is 33.1 Å². The maximum Gasteiger partial charge on any atom is 0.143 e. The van der Waals surface area contributed by atoms with Crippen molar-refractivity contribution in [1.29, 1.82) is 0 Å². The smallest absolute Gasteiger partial charge is 0.143 e. The van der Waals surface area contributed by atoms with Gasteiger partial charge in [-0.2, -0.15) is 0 Å². The van der Waals surface area contributed by atoms with Crippen LogP contribution in [0.4, 0.5) is 5.82 Å². The average molecular weight is 261 g/mol. The van der Waals surface area contributed by atoms with Gasteiger partial charge in [-0.3, -0.25) is 4.98 Å². The molecule has 5 nitrogen and oxygen atoms in total. The van der Waals surface area contributed by atoms with Crippen LogP contribution in [0.2, 0.25) is 0 Å². The summed E-state index contributed by atoms with van der Waals surface area (Å²) in [6.07, 6.45) is 5.16. The highest BCUT2D eigenvalue weighted by atomic mass is 15.0. The minimum Gasteiger partial charge on any atom is -0.383 e. The third kappa shape index (κ3) is 1.53. The van der Waals surface area contributed by atoms with Crippen LogP contribution in [0.3, 0.4) is 0 Å². The molecule has 0 bridgehead atoms.